The first-order valence-corrected chi connectivity index (χ1v) is 9.68. The minimum absolute atomic E-state index is 0.00446. The Labute approximate surface area is 152 Å². The third-order valence-electron chi connectivity index (χ3n) is 5.38. The standard InChI is InChI=1S/C21H32N2O2/c1-4-19(5-2)20(24)22-16(3)21(25)23-13-11-18(12-14-23)15-17-9-7-6-8-10-17/h6-10,16,18-19H,4-5,11-15H2,1-3H3,(H,22,24)/t16-/m0/s1. The van der Waals surface area contributed by atoms with Gasteiger partial charge >= 0.3 is 0 Å². The van der Waals surface area contributed by atoms with E-state index in [1.807, 2.05) is 24.8 Å². The second kappa shape index (κ2) is 9.59. The Morgan fingerprint density at radius 2 is 1.72 bits per heavy atom. The number of likely N-dealkylation sites (tertiary alicyclic amines) is 1. The van der Waals surface area contributed by atoms with E-state index in [-0.39, 0.29) is 17.7 Å². The summed E-state index contributed by atoms with van der Waals surface area (Å²) in [7, 11) is 0. The van der Waals surface area contributed by atoms with E-state index in [4.69, 9.17) is 0 Å². The predicted molar refractivity (Wildman–Crippen MR) is 101 cm³/mol. The molecule has 0 unspecified atom stereocenters. The lowest BCUT2D eigenvalue weighted by molar-refractivity contribution is -0.138. The Hall–Kier alpha value is -1.84. The highest BCUT2D eigenvalue weighted by Gasteiger charge is 2.27. The summed E-state index contributed by atoms with van der Waals surface area (Å²) in [5, 5.41) is 2.90. The average molecular weight is 344 g/mol. The van der Waals surface area contributed by atoms with Crippen molar-refractivity contribution < 1.29 is 9.59 Å². The lowest BCUT2D eigenvalue weighted by Gasteiger charge is -2.34. The van der Waals surface area contributed by atoms with Gasteiger partial charge in [-0.1, -0.05) is 44.2 Å². The van der Waals surface area contributed by atoms with Crippen LogP contribution >= 0.6 is 0 Å². The zero-order chi connectivity index (χ0) is 18.2. The van der Waals surface area contributed by atoms with Gasteiger partial charge in [0.15, 0.2) is 0 Å². The number of amides is 2. The topological polar surface area (TPSA) is 49.4 Å². The Bertz CT molecular complexity index is 546. The van der Waals surface area contributed by atoms with Crippen LogP contribution in [0.5, 0.6) is 0 Å². The van der Waals surface area contributed by atoms with Crippen LogP contribution in [0.4, 0.5) is 0 Å². The number of piperidine rings is 1. The van der Waals surface area contributed by atoms with Crippen molar-refractivity contribution in [3.8, 4) is 0 Å². The molecule has 25 heavy (non-hydrogen) atoms. The Morgan fingerprint density at radius 3 is 2.28 bits per heavy atom. The van der Waals surface area contributed by atoms with E-state index in [9.17, 15) is 9.59 Å². The molecule has 1 aliphatic rings. The highest BCUT2D eigenvalue weighted by atomic mass is 16.2. The highest BCUT2D eigenvalue weighted by Crippen LogP contribution is 2.22. The zero-order valence-corrected chi connectivity index (χ0v) is 15.8. The van der Waals surface area contributed by atoms with E-state index in [1.165, 1.54) is 5.56 Å². The summed E-state index contributed by atoms with van der Waals surface area (Å²) in [5.41, 5.74) is 1.37. The molecule has 4 heteroatoms. The first-order valence-electron chi connectivity index (χ1n) is 9.68. The fourth-order valence-electron chi connectivity index (χ4n) is 3.63. The lowest BCUT2D eigenvalue weighted by Crippen LogP contribution is -2.50. The maximum absolute atomic E-state index is 12.6. The molecule has 1 fully saturated rings. The number of benzene rings is 1. The molecule has 1 heterocycles. The third kappa shape index (κ3) is 5.58. The van der Waals surface area contributed by atoms with Gasteiger partial charge in [0.1, 0.15) is 6.04 Å². The first-order chi connectivity index (χ1) is 12.0. The van der Waals surface area contributed by atoms with Gasteiger partial charge in [-0.3, -0.25) is 9.59 Å². The van der Waals surface area contributed by atoms with Crippen molar-refractivity contribution in [1.82, 2.24) is 10.2 Å². The molecule has 1 aliphatic heterocycles. The fraction of sp³-hybridized carbons (Fsp3) is 0.619. The van der Waals surface area contributed by atoms with E-state index in [2.05, 4.69) is 29.6 Å². The number of hydrogen-bond acceptors (Lipinski definition) is 2. The molecule has 0 aromatic heterocycles. The molecular formula is C21H32N2O2. The maximum Gasteiger partial charge on any atom is 0.244 e. The number of rotatable bonds is 7. The van der Waals surface area contributed by atoms with Crippen LogP contribution in [0.15, 0.2) is 30.3 Å². The number of carbonyl (C=O) groups is 2. The normalized spacial score (nSPS) is 16.7. The smallest absolute Gasteiger partial charge is 0.244 e. The van der Waals surface area contributed by atoms with Crippen molar-refractivity contribution in [2.24, 2.45) is 11.8 Å². The van der Waals surface area contributed by atoms with Crippen LogP contribution in [0, 0.1) is 11.8 Å². The van der Waals surface area contributed by atoms with Gasteiger partial charge in [0.25, 0.3) is 0 Å². The van der Waals surface area contributed by atoms with Crippen LogP contribution in [0.1, 0.15) is 52.0 Å². The highest BCUT2D eigenvalue weighted by molar-refractivity contribution is 5.88. The van der Waals surface area contributed by atoms with Crippen LogP contribution in [0.2, 0.25) is 0 Å². The Balaban J connectivity index is 1.79. The van der Waals surface area contributed by atoms with Gasteiger partial charge in [-0.25, -0.2) is 0 Å². The quantitative estimate of drug-likeness (QED) is 0.824. The second-order valence-corrected chi connectivity index (χ2v) is 7.20. The molecule has 0 saturated carbocycles. The Morgan fingerprint density at radius 1 is 1.12 bits per heavy atom. The van der Waals surface area contributed by atoms with E-state index in [1.54, 1.807) is 6.92 Å². The van der Waals surface area contributed by atoms with Gasteiger partial charge in [-0.2, -0.15) is 0 Å². The molecular weight excluding hydrogens is 312 g/mol. The van der Waals surface area contributed by atoms with Crippen LogP contribution < -0.4 is 5.32 Å². The fourth-order valence-corrected chi connectivity index (χ4v) is 3.63. The molecule has 2 rings (SSSR count). The number of nitrogens with one attached hydrogen (secondary N) is 1. The molecule has 1 atom stereocenters. The summed E-state index contributed by atoms with van der Waals surface area (Å²) >= 11 is 0. The molecule has 138 valence electrons. The van der Waals surface area contributed by atoms with Gasteiger partial charge in [-0.15, -0.1) is 0 Å². The summed E-state index contributed by atoms with van der Waals surface area (Å²) in [6.45, 7) is 7.41. The van der Waals surface area contributed by atoms with Gasteiger partial charge in [-0.05, 0) is 50.5 Å². The van der Waals surface area contributed by atoms with E-state index >= 15 is 0 Å². The first kappa shape index (κ1) is 19.5. The molecule has 0 spiro atoms. The van der Waals surface area contributed by atoms with Crippen LogP contribution in [0.3, 0.4) is 0 Å². The molecule has 0 aliphatic carbocycles. The number of hydrogen-bond donors (Lipinski definition) is 1. The van der Waals surface area contributed by atoms with E-state index in [0.717, 1.165) is 45.2 Å². The number of carbonyl (C=O) groups excluding carboxylic acids is 2. The summed E-state index contributed by atoms with van der Waals surface area (Å²) in [6, 6.07) is 10.1. The summed E-state index contributed by atoms with van der Waals surface area (Å²) < 4.78 is 0. The van der Waals surface area contributed by atoms with Crippen molar-refractivity contribution in [2.75, 3.05) is 13.1 Å². The molecule has 1 aromatic carbocycles. The second-order valence-electron chi connectivity index (χ2n) is 7.20. The molecule has 0 radical (unpaired) electrons. The van der Waals surface area contributed by atoms with Gasteiger partial charge in [0, 0.05) is 19.0 Å². The summed E-state index contributed by atoms with van der Waals surface area (Å²) in [5.74, 6) is 0.704. The molecule has 1 N–H and O–H groups in total. The minimum Gasteiger partial charge on any atom is -0.344 e. The monoisotopic (exact) mass is 344 g/mol. The van der Waals surface area contributed by atoms with E-state index in [0.29, 0.717) is 5.92 Å². The maximum atomic E-state index is 12.6. The van der Waals surface area contributed by atoms with Crippen molar-refractivity contribution in [3.63, 3.8) is 0 Å². The molecule has 1 saturated heterocycles. The molecule has 0 bridgehead atoms. The van der Waals surface area contributed by atoms with Crippen molar-refractivity contribution in [3.05, 3.63) is 35.9 Å². The molecule has 1 aromatic rings. The largest absolute Gasteiger partial charge is 0.344 e. The predicted octanol–water partition coefficient (Wildman–Crippen LogP) is 3.41. The summed E-state index contributed by atoms with van der Waals surface area (Å²) in [6.07, 6.45) is 4.79. The SMILES string of the molecule is CCC(CC)C(=O)N[C@@H](C)C(=O)N1CCC(Cc2ccccc2)CC1. The van der Waals surface area contributed by atoms with Gasteiger partial charge in [0.2, 0.25) is 11.8 Å². The third-order valence-corrected chi connectivity index (χ3v) is 5.38. The van der Waals surface area contributed by atoms with Crippen molar-refractivity contribution in [1.29, 1.82) is 0 Å². The van der Waals surface area contributed by atoms with Crippen LogP contribution in [-0.2, 0) is 16.0 Å². The van der Waals surface area contributed by atoms with Gasteiger partial charge in [0.05, 0.1) is 0 Å². The van der Waals surface area contributed by atoms with Gasteiger partial charge < -0.3 is 10.2 Å². The lowest BCUT2D eigenvalue weighted by atomic mass is 9.90. The van der Waals surface area contributed by atoms with Crippen molar-refractivity contribution in [2.45, 2.75) is 58.9 Å². The Kier molecular flexibility index (Phi) is 7.48. The van der Waals surface area contributed by atoms with Crippen molar-refractivity contribution >= 4 is 11.8 Å². The van der Waals surface area contributed by atoms with Crippen LogP contribution in [0.25, 0.3) is 0 Å². The molecule has 2 amide bonds. The zero-order valence-electron chi connectivity index (χ0n) is 15.8. The number of nitrogens with zero attached hydrogens (tertiary/aromatic N) is 1. The minimum atomic E-state index is -0.432. The summed E-state index contributed by atoms with van der Waals surface area (Å²) in [4.78, 5) is 26.7. The average Bonchev–Trinajstić information content (AvgIpc) is 2.63. The van der Waals surface area contributed by atoms with E-state index < -0.39 is 6.04 Å². The van der Waals surface area contributed by atoms with Crippen LogP contribution in [-0.4, -0.2) is 35.8 Å². The molecule has 4 nitrogen and oxygen atoms in total.